The summed E-state index contributed by atoms with van der Waals surface area (Å²) in [5, 5.41) is 8.77. The van der Waals surface area contributed by atoms with Gasteiger partial charge >= 0.3 is 0 Å². The summed E-state index contributed by atoms with van der Waals surface area (Å²) in [5.74, 6) is 1.63. The molecular weight excluding hydrogens is 436 g/mol. The number of pyridine rings is 1. The van der Waals surface area contributed by atoms with Crippen molar-refractivity contribution in [2.45, 2.75) is 16.6 Å². The summed E-state index contributed by atoms with van der Waals surface area (Å²) < 4.78 is 2.35. The van der Waals surface area contributed by atoms with E-state index in [4.69, 9.17) is 4.98 Å². The highest BCUT2D eigenvalue weighted by molar-refractivity contribution is 8.00. The number of benzene rings is 3. The zero-order valence-electron chi connectivity index (χ0n) is 18.0. The molecule has 0 saturated carbocycles. The normalized spacial score (nSPS) is 17.0. The fraction of sp³-hybridized carbons (Fsp3) is 0.0690. The average Bonchev–Trinajstić information content (AvgIpc) is 3.45. The van der Waals surface area contributed by atoms with Gasteiger partial charge in [0.05, 0.1) is 16.1 Å². The molecule has 6 aromatic rings. The summed E-state index contributed by atoms with van der Waals surface area (Å²) in [6.45, 7) is 0. The van der Waals surface area contributed by atoms with Crippen LogP contribution in [0.2, 0.25) is 0 Å². The molecule has 3 aromatic heterocycles. The standard InChI is InChI=1S/C29H16N4S/c1-11-31-29(32-12-1)17-10-13-30-22(14-17)33-18-6-2-15-4-8-20-27-23(15)25(18)26-19(33)7-3-16-5-9-21(34-20)28(27)24(16)26/h1-2,4-14,20H,3H2. The zero-order valence-corrected chi connectivity index (χ0v) is 18.8. The highest BCUT2D eigenvalue weighted by atomic mass is 32.2. The SMILES string of the molecule is C1=CC2Sc3ccc4c5c3c2c2c1ccc1c2c5c(n1-c1cc(-c2ncccn2)ccn1)=CC4. The van der Waals surface area contributed by atoms with Crippen LogP contribution in [0, 0.1) is 0 Å². The smallest absolute Gasteiger partial charge is 0.159 e. The lowest BCUT2D eigenvalue weighted by atomic mass is 9.84. The van der Waals surface area contributed by atoms with E-state index in [-0.39, 0.29) is 0 Å². The molecule has 0 radical (unpaired) electrons. The van der Waals surface area contributed by atoms with Gasteiger partial charge in [0.1, 0.15) is 5.82 Å². The Morgan fingerprint density at radius 2 is 1.79 bits per heavy atom. The number of hydrogen-bond acceptors (Lipinski definition) is 4. The molecule has 0 fully saturated rings. The predicted octanol–water partition coefficient (Wildman–Crippen LogP) is 6.02. The molecule has 3 aromatic carbocycles. The molecule has 1 aliphatic heterocycles. The zero-order chi connectivity index (χ0) is 22.0. The molecule has 9 rings (SSSR count). The van der Waals surface area contributed by atoms with Crippen molar-refractivity contribution < 1.29 is 0 Å². The number of nitrogens with zero attached hydrogens (tertiary/aromatic N) is 4. The van der Waals surface area contributed by atoms with Gasteiger partial charge in [0.25, 0.3) is 0 Å². The molecule has 0 saturated heterocycles. The van der Waals surface area contributed by atoms with Crippen molar-refractivity contribution in [2.75, 3.05) is 0 Å². The molecule has 158 valence electrons. The molecule has 0 spiro atoms. The van der Waals surface area contributed by atoms with E-state index in [1.165, 1.54) is 59.4 Å². The Bertz CT molecular complexity index is 1970. The largest absolute Gasteiger partial charge is 0.294 e. The van der Waals surface area contributed by atoms with E-state index in [0.29, 0.717) is 5.25 Å². The first kappa shape index (κ1) is 17.5. The van der Waals surface area contributed by atoms with E-state index < -0.39 is 0 Å². The molecule has 1 unspecified atom stereocenters. The van der Waals surface area contributed by atoms with Gasteiger partial charge in [0, 0.05) is 45.2 Å². The van der Waals surface area contributed by atoms with Crippen LogP contribution >= 0.6 is 11.8 Å². The molecule has 0 bridgehead atoms. The Hall–Kier alpha value is -3.96. The van der Waals surface area contributed by atoms with Crippen LogP contribution < -0.4 is 5.35 Å². The highest BCUT2D eigenvalue weighted by Gasteiger charge is 2.34. The second-order valence-electron chi connectivity index (χ2n) is 9.19. The Kier molecular flexibility index (Phi) is 3.05. The maximum absolute atomic E-state index is 4.83. The van der Waals surface area contributed by atoms with E-state index >= 15 is 0 Å². The predicted molar refractivity (Wildman–Crippen MR) is 138 cm³/mol. The van der Waals surface area contributed by atoms with Crippen LogP contribution in [0.4, 0.5) is 0 Å². The van der Waals surface area contributed by atoms with Gasteiger partial charge in [-0.2, -0.15) is 0 Å². The van der Waals surface area contributed by atoms with E-state index in [1.54, 1.807) is 12.4 Å². The maximum atomic E-state index is 4.83. The molecule has 4 heterocycles. The number of aromatic nitrogens is 4. The van der Waals surface area contributed by atoms with Crippen molar-refractivity contribution in [2.24, 2.45) is 0 Å². The lowest BCUT2D eigenvalue weighted by molar-refractivity contribution is 1.01. The fourth-order valence-corrected chi connectivity index (χ4v) is 7.51. The van der Waals surface area contributed by atoms with Crippen LogP contribution in [0.1, 0.15) is 21.9 Å². The molecule has 34 heavy (non-hydrogen) atoms. The minimum absolute atomic E-state index is 0.405. The van der Waals surface area contributed by atoms with Crippen molar-refractivity contribution in [3.63, 3.8) is 0 Å². The summed E-state index contributed by atoms with van der Waals surface area (Å²) in [6, 6.07) is 15.2. The molecule has 0 amide bonds. The monoisotopic (exact) mass is 452 g/mol. The first-order valence-electron chi connectivity index (χ1n) is 11.5. The van der Waals surface area contributed by atoms with E-state index in [2.05, 4.69) is 63.1 Å². The van der Waals surface area contributed by atoms with Crippen molar-refractivity contribution in [1.29, 1.82) is 0 Å². The van der Waals surface area contributed by atoms with Crippen LogP contribution in [0.3, 0.4) is 0 Å². The third-order valence-electron chi connectivity index (χ3n) is 7.55. The van der Waals surface area contributed by atoms with Crippen molar-refractivity contribution in [1.82, 2.24) is 19.5 Å². The van der Waals surface area contributed by atoms with Gasteiger partial charge in [-0.1, -0.05) is 30.4 Å². The summed E-state index contributed by atoms with van der Waals surface area (Å²) in [7, 11) is 0. The summed E-state index contributed by atoms with van der Waals surface area (Å²) in [4.78, 5) is 15.2. The average molecular weight is 453 g/mol. The summed E-state index contributed by atoms with van der Waals surface area (Å²) >= 11 is 2.00. The quantitative estimate of drug-likeness (QED) is 0.302. The van der Waals surface area contributed by atoms with Crippen LogP contribution in [0.15, 0.2) is 72.0 Å². The van der Waals surface area contributed by atoms with Gasteiger partial charge in [-0.05, 0) is 64.2 Å². The summed E-state index contributed by atoms with van der Waals surface area (Å²) in [6.07, 6.45) is 13.4. The molecule has 1 atom stereocenters. The van der Waals surface area contributed by atoms with Crippen LogP contribution in [0.5, 0.6) is 0 Å². The highest BCUT2D eigenvalue weighted by Crippen LogP contribution is 2.57. The van der Waals surface area contributed by atoms with Crippen LogP contribution in [-0.4, -0.2) is 19.5 Å². The van der Waals surface area contributed by atoms with Crippen LogP contribution in [-0.2, 0) is 6.42 Å². The third kappa shape index (κ3) is 1.97. The van der Waals surface area contributed by atoms with Gasteiger partial charge < -0.3 is 0 Å². The number of thioether (sulfide) groups is 1. The van der Waals surface area contributed by atoms with Crippen molar-refractivity contribution in [3.05, 3.63) is 89.2 Å². The molecule has 5 heteroatoms. The molecule has 3 aliphatic rings. The van der Waals surface area contributed by atoms with Crippen molar-refractivity contribution >= 4 is 56.4 Å². The Labute approximate surface area is 198 Å². The van der Waals surface area contributed by atoms with E-state index in [0.717, 1.165) is 23.6 Å². The van der Waals surface area contributed by atoms with Crippen LogP contribution in [0.25, 0.3) is 61.8 Å². The Balaban J connectivity index is 1.48. The second kappa shape index (κ2) is 5.93. The topological polar surface area (TPSA) is 43.6 Å². The van der Waals surface area contributed by atoms with Gasteiger partial charge in [-0.3, -0.25) is 4.57 Å². The van der Waals surface area contributed by atoms with Gasteiger partial charge in [-0.25, -0.2) is 15.0 Å². The minimum Gasteiger partial charge on any atom is -0.294 e. The lowest BCUT2D eigenvalue weighted by Crippen LogP contribution is -2.18. The maximum Gasteiger partial charge on any atom is 0.159 e. The van der Waals surface area contributed by atoms with Gasteiger partial charge in [0.15, 0.2) is 5.82 Å². The lowest BCUT2D eigenvalue weighted by Gasteiger charge is -2.19. The molecular formula is C29H16N4S. The third-order valence-corrected chi connectivity index (χ3v) is 8.79. The van der Waals surface area contributed by atoms with E-state index in [1.807, 2.05) is 30.1 Å². The molecule has 4 nitrogen and oxygen atoms in total. The van der Waals surface area contributed by atoms with Crippen molar-refractivity contribution in [3.8, 4) is 17.2 Å². The first-order valence-corrected chi connectivity index (χ1v) is 12.4. The second-order valence-corrected chi connectivity index (χ2v) is 10.4. The summed E-state index contributed by atoms with van der Waals surface area (Å²) in [5.41, 5.74) is 6.47. The van der Waals surface area contributed by atoms with Gasteiger partial charge in [-0.15, -0.1) is 11.8 Å². The first-order chi connectivity index (χ1) is 16.9. The fourth-order valence-electron chi connectivity index (χ4n) is 6.25. The Morgan fingerprint density at radius 1 is 0.853 bits per heavy atom. The van der Waals surface area contributed by atoms with Gasteiger partial charge in [0.2, 0.25) is 0 Å². The van der Waals surface area contributed by atoms with E-state index in [9.17, 15) is 0 Å². The Morgan fingerprint density at radius 3 is 2.74 bits per heavy atom. The number of rotatable bonds is 2. The number of hydrogen-bond donors (Lipinski definition) is 0. The molecule has 0 N–H and O–H groups in total. The minimum atomic E-state index is 0.405. The molecule has 2 aliphatic carbocycles.